The highest BCUT2D eigenvalue weighted by atomic mass is 32.2. The zero-order valence-electron chi connectivity index (χ0n) is 16.4. The van der Waals surface area contributed by atoms with Crippen molar-refractivity contribution in [3.8, 4) is 0 Å². The molecular weight excluding hydrogens is 375 g/mol. The van der Waals surface area contributed by atoms with E-state index in [2.05, 4.69) is 44.9 Å². The lowest BCUT2D eigenvalue weighted by molar-refractivity contribution is 0.122. The standard InChI is InChI=1S/C11H15N.C10H14FN3OS/c1-2-6-11(7-3-1)10-12-8-4-5-9-12;1-12-16-8-6-9(11)10(13-7-8)14-2-4-15-5-3-14/h1-3,6-7H,4-5,8-10H2;6-7,12H,2-5H2,1H3. The number of hydrogen-bond donors (Lipinski definition) is 1. The largest absolute Gasteiger partial charge is 0.378 e. The molecule has 2 aliphatic rings. The van der Waals surface area contributed by atoms with Gasteiger partial charge in [0.05, 0.1) is 13.2 Å². The molecule has 0 atom stereocenters. The zero-order valence-corrected chi connectivity index (χ0v) is 17.3. The minimum atomic E-state index is -0.276. The van der Waals surface area contributed by atoms with Gasteiger partial charge in [-0.15, -0.1) is 0 Å². The molecule has 3 heterocycles. The van der Waals surface area contributed by atoms with Crippen LogP contribution in [-0.4, -0.2) is 56.3 Å². The van der Waals surface area contributed by atoms with Gasteiger partial charge < -0.3 is 9.64 Å². The normalized spacial score (nSPS) is 17.3. The third-order valence-electron chi connectivity index (χ3n) is 4.77. The van der Waals surface area contributed by atoms with Crippen LogP contribution in [0.15, 0.2) is 47.5 Å². The van der Waals surface area contributed by atoms with Crippen LogP contribution in [0.4, 0.5) is 10.2 Å². The van der Waals surface area contributed by atoms with Gasteiger partial charge in [-0.1, -0.05) is 30.3 Å². The predicted octanol–water partition coefficient (Wildman–Crippen LogP) is 3.57. The molecule has 0 saturated carbocycles. The summed E-state index contributed by atoms with van der Waals surface area (Å²) in [5.41, 5.74) is 1.44. The maximum atomic E-state index is 13.8. The first-order valence-corrected chi connectivity index (χ1v) is 10.7. The van der Waals surface area contributed by atoms with Crippen LogP contribution in [0.3, 0.4) is 0 Å². The lowest BCUT2D eigenvalue weighted by atomic mass is 10.2. The predicted molar refractivity (Wildman–Crippen MR) is 113 cm³/mol. The molecule has 2 aliphatic heterocycles. The van der Waals surface area contributed by atoms with Crippen molar-refractivity contribution in [1.82, 2.24) is 14.6 Å². The van der Waals surface area contributed by atoms with E-state index in [1.807, 2.05) is 4.90 Å². The minimum Gasteiger partial charge on any atom is -0.378 e. The molecule has 0 aliphatic carbocycles. The molecule has 152 valence electrons. The van der Waals surface area contributed by atoms with Crippen molar-refractivity contribution in [2.75, 3.05) is 51.3 Å². The average Bonchev–Trinajstić information content (AvgIpc) is 3.23. The number of nitrogens with one attached hydrogen (secondary N) is 1. The highest BCUT2D eigenvalue weighted by Crippen LogP contribution is 2.22. The van der Waals surface area contributed by atoms with E-state index in [9.17, 15) is 4.39 Å². The number of likely N-dealkylation sites (tertiary alicyclic amines) is 1. The van der Waals surface area contributed by atoms with Crippen LogP contribution in [0.1, 0.15) is 18.4 Å². The maximum Gasteiger partial charge on any atom is 0.166 e. The van der Waals surface area contributed by atoms with Gasteiger partial charge in [-0.25, -0.2) is 9.37 Å². The molecule has 0 unspecified atom stereocenters. The van der Waals surface area contributed by atoms with Crippen LogP contribution in [-0.2, 0) is 11.3 Å². The third-order valence-corrected chi connectivity index (χ3v) is 5.44. The Kier molecular flexibility index (Phi) is 8.54. The number of morpholine rings is 1. The van der Waals surface area contributed by atoms with Gasteiger partial charge in [-0.05, 0) is 56.6 Å². The van der Waals surface area contributed by atoms with E-state index < -0.39 is 0 Å². The van der Waals surface area contributed by atoms with Gasteiger partial charge in [0.2, 0.25) is 0 Å². The van der Waals surface area contributed by atoms with Crippen molar-refractivity contribution in [3.05, 3.63) is 54.0 Å². The van der Waals surface area contributed by atoms with Gasteiger partial charge in [0.1, 0.15) is 0 Å². The number of aromatic nitrogens is 1. The van der Waals surface area contributed by atoms with E-state index >= 15 is 0 Å². The molecule has 2 saturated heterocycles. The maximum absolute atomic E-state index is 13.8. The molecule has 4 rings (SSSR count). The van der Waals surface area contributed by atoms with Crippen molar-refractivity contribution < 1.29 is 9.13 Å². The quantitative estimate of drug-likeness (QED) is 0.769. The fourth-order valence-corrected chi connectivity index (χ4v) is 3.88. The summed E-state index contributed by atoms with van der Waals surface area (Å²) >= 11 is 1.35. The van der Waals surface area contributed by atoms with E-state index in [-0.39, 0.29) is 5.82 Å². The second-order valence-electron chi connectivity index (χ2n) is 6.85. The lowest BCUT2D eigenvalue weighted by Crippen LogP contribution is -2.37. The summed E-state index contributed by atoms with van der Waals surface area (Å²) in [5.74, 6) is 0.144. The Balaban J connectivity index is 0.000000167. The number of hydrogen-bond acceptors (Lipinski definition) is 6. The smallest absolute Gasteiger partial charge is 0.166 e. The van der Waals surface area contributed by atoms with Gasteiger partial charge in [-0.3, -0.25) is 9.62 Å². The van der Waals surface area contributed by atoms with Crippen molar-refractivity contribution >= 4 is 17.8 Å². The van der Waals surface area contributed by atoms with Crippen molar-refractivity contribution in [1.29, 1.82) is 0 Å². The van der Waals surface area contributed by atoms with Gasteiger partial charge in [0.15, 0.2) is 11.6 Å². The Morgan fingerprint density at radius 1 is 1.11 bits per heavy atom. The fourth-order valence-electron chi connectivity index (χ4n) is 3.38. The van der Waals surface area contributed by atoms with Crippen molar-refractivity contribution in [2.45, 2.75) is 24.3 Å². The molecule has 5 nitrogen and oxygen atoms in total. The first-order valence-electron chi connectivity index (χ1n) is 9.84. The topological polar surface area (TPSA) is 40.6 Å². The molecule has 2 fully saturated rings. The third kappa shape index (κ3) is 6.44. The van der Waals surface area contributed by atoms with Crippen LogP contribution in [0.25, 0.3) is 0 Å². The Bertz CT molecular complexity index is 707. The van der Waals surface area contributed by atoms with Gasteiger partial charge >= 0.3 is 0 Å². The molecule has 2 aromatic rings. The summed E-state index contributed by atoms with van der Waals surface area (Å²) in [6, 6.07) is 12.2. The molecule has 0 bridgehead atoms. The number of benzene rings is 1. The lowest BCUT2D eigenvalue weighted by Gasteiger charge is -2.28. The van der Waals surface area contributed by atoms with Crippen LogP contribution >= 0.6 is 11.9 Å². The van der Waals surface area contributed by atoms with E-state index in [4.69, 9.17) is 4.74 Å². The second-order valence-corrected chi connectivity index (χ2v) is 7.93. The molecule has 7 heteroatoms. The monoisotopic (exact) mass is 404 g/mol. The molecule has 0 radical (unpaired) electrons. The number of nitrogens with zero attached hydrogens (tertiary/aromatic N) is 3. The molecule has 1 aromatic carbocycles. The molecular formula is C21H29FN4OS. The van der Waals surface area contributed by atoms with Crippen molar-refractivity contribution in [2.24, 2.45) is 0 Å². The van der Waals surface area contributed by atoms with Crippen LogP contribution < -0.4 is 9.62 Å². The van der Waals surface area contributed by atoms with E-state index in [0.717, 1.165) is 11.4 Å². The first-order chi connectivity index (χ1) is 13.8. The van der Waals surface area contributed by atoms with E-state index in [0.29, 0.717) is 32.1 Å². The number of rotatable bonds is 5. The fraction of sp³-hybridized carbons (Fsp3) is 0.476. The number of halogens is 1. The number of pyridine rings is 1. The summed E-state index contributed by atoms with van der Waals surface area (Å²) in [4.78, 5) is 9.36. The van der Waals surface area contributed by atoms with Gasteiger partial charge in [0, 0.05) is 30.7 Å². The Morgan fingerprint density at radius 3 is 2.46 bits per heavy atom. The first kappa shape index (κ1) is 21.0. The van der Waals surface area contributed by atoms with Gasteiger partial charge in [0.25, 0.3) is 0 Å². The van der Waals surface area contributed by atoms with Crippen LogP contribution in [0.5, 0.6) is 0 Å². The number of ether oxygens (including phenoxy) is 1. The summed E-state index contributed by atoms with van der Waals surface area (Å²) in [7, 11) is 1.79. The molecule has 0 amide bonds. The highest BCUT2D eigenvalue weighted by Gasteiger charge is 2.16. The summed E-state index contributed by atoms with van der Waals surface area (Å²) < 4.78 is 21.9. The van der Waals surface area contributed by atoms with Crippen molar-refractivity contribution in [3.63, 3.8) is 0 Å². The van der Waals surface area contributed by atoms with E-state index in [1.165, 1.54) is 49.5 Å². The van der Waals surface area contributed by atoms with Gasteiger partial charge in [-0.2, -0.15) is 0 Å². The summed E-state index contributed by atoms with van der Waals surface area (Å²) in [6.45, 7) is 6.37. The van der Waals surface area contributed by atoms with Crippen LogP contribution in [0, 0.1) is 5.82 Å². The Labute approximate surface area is 171 Å². The summed E-state index contributed by atoms with van der Waals surface area (Å²) in [6.07, 6.45) is 4.44. The summed E-state index contributed by atoms with van der Waals surface area (Å²) in [5, 5.41) is 0. The van der Waals surface area contributed by atoms with E-state index in [1.54, 1.807) is 13.2 Å². The molecule has 28 heavy (non-hydrogen) atoms. The van der Waals surface area contributed by atoms with Crippen LogP contribution in [0.2, 0.25) is 0 Å². The second kappa shape index (κ2) is 11.4. The molecule has 1 aromatic heterocycles. The molecule has 1 N–H and O–H groups in total. The highest BCUT2D eigenvalue weighted by molar-refractivity contribution is 7.97. The Hall–Kier alpha value is -1.67. The SMILES string of the molecule is CNSc1cnc(N2CCOCC2)c(F)c1.c1ccc(CN2CCCC2)cc1. The number of anilines is 1. The molecule has 0 spiro atoms. The average molecular weight is 405 g/mol. The zero-order chi connectivity index (χ0) is 19.6. The minimum absolute atomic E-state index is 0.276. The Morgan fingerprint density at radius 2 is 1.82 bits per heavy atom.